The summed E-state index contributed by atoms with van der Waals surface area (Å²) in [6.07, 6.45) is 5.79. The molecule has 0 bridgehead atoms. The molecule has 1 aromatic rings. The Morgan fingerprint density at radius 1 is 1.27 bits per heavy atom. The van der Waals surface area contributed by atoms with Gasteiger partial charge in [-0.1, -0.05) is 6.42 Å². The fourth-order valence-electron chi connectivity index (χ4n) is 1.92. The van der Waals surface area contributed by atoms with E-state index in [1.165, 1.54) is 32.4 Å². The maximum Gasteiger partial charge on any atom is 0.148 e. The summed E-state index contributed by atoms with van der Waals surface area (Å²) in [5.74, 6) is 0.870. The fourth-order valence-corrected chi connectivity index (χ4v) is 1.92. The zero-order chi connectivity index (χ0) is 10.3. The molecule has 0 atom stereocenters. The Balaban J connectivity index is 1.66. The molecule has 0 aromatic carbocycles. The van der Waals surface area contributed by atoms with Crippen molar-refractivity contribution < 1.29 is 0 Å². The van der Waals surface area contributed by atoms with Crippen molar-refractivity contribution in [3.05, 3.63) is 18.3 Å². The largest absolute Gasteiger partial charge is 0.367 e. The van der Waals surface area contributed by atoms with E-state index in [4.69, 9.17) is 0 Å². The summed E-state index contributed by atoms with van der Waals surface area (Å²) in [6.45, 7) is 4.57. The lowest BCUT2D eigenvalue weighted by Gasteiger charge is -2.26. The van der Waals surface area contributed by atoms with Crippen LogP contribution in [0.5, 0.6) is 0 Å². The molecule has 4 nitrogen and oxygen atoms in total. The number of piperidine rings is 1. The molecule has 1 fully saturated rings. The van der Waals surface area contributed by atoms with Gasteiger partial charge in [0.15, 0.2) is 0 Å². The third kappa shape index (κ3) is 3.47. The normalized spacial score (nSPS) is 17.6. The van der Waals surface area contributed by atoms with Crippen molar-refractivity contribution in [1.29, 1.82) is 0 Å². The molecule has 1 aliphatic rings. The minimum Gasteiger partial charge on any atom is -0.367 e. The number of nitrogens with one attached hydrogen (secondary N) is 1. The Kier molecular flexibility index (Phi) is 3.91. The van der Waals surface area contributed by atoms with Crippen molar-refractivity contribution in [3.8, 4) is 0 Å². The van der Waals surface area contributed by atoms with Gasteiger partial charge in [0.05, 0.1) is 0 Å². The molecule has 0 aliphatic carbocycles. The lowest BCUT2D eigenvalue weighted by atomic mass is 10.1. The van der Waals surface area contributed by atoms with Gasteiger partial charge in [-0.3, -0.25) is 0 Å². The van der Waals surface area contributed by atoms with E-state index in [1.54, 1.807) is 6.20 Å². The molecule has 15 heavy (non-hydrogen) atoms. The van der Waals surface area contributed by atoms with Crippen LogP contribution < -0.4 is 5.32 Å². The van der Waals surface area contributed by atoms with Gasteiger partial charge in [0.1, 0.15) is 5.82 Å². The van der Waals surface area contributed by atoms with Crippen molar-refractivity contribution in [1.82, 2.24) is 15.1 Å². The molecule has 2 heterocycles. The molecule has 0 amide bonds. The number of nitrogens with zero attached hydrogens (tertiary/aromatic N) is 3. The van der Waals surface area contributed by atoms with Crippen LogP contribution in [-0.2, 0) is 0 Å². The Bertz CT molecular complexity index is 269. The molecular formula is C11H18N4. The highest BCUT2D eigenvalue weighted by molar-refractivity contribution is 5.31. The number of hydrogen-bond acceptors (Lipinski definition) is 4. The van der Waals surface area contributed by atoms with E-state index in [9.17, 15) is 0 Å². The van der Waals surface area contributed by atoms with Crippen LogP contribution in [0.15, 0.2) is 18.3 Å². The number of hydrogen-bond donors (Lipinski definition) is 1. The highest BCUT2D eigenvalue weighted by Gasteiger charge is 2.08. The average Bonchev–Trinajstić information content (AvgIpc) is 2.32. The average molecular weight is 206 g/mol. The minimum atomic E-state index is 0.870. The summed E-state index contributed by atoms with van der Waals surface area (Å²) >= 11 is 0. The molecule has 0 unspecified atom stereocenters. The predicted molar refractivity (Wildman–Crippen MR) is 60.8 cm³/mol. The van der Waals surface area contributed by atoms with Gasteiger partial charge in [-0.05, 0) is 38.1 Å². The van der Waals surface area contributed by atoms with Crippen LogP contribution >= 0.6 is 0 Å². The summed E-state index contributed by atoms with van der Waals surface area (Å²) in [4.78, 5) is 2.51. The quantitative estimate of drug-likeness (QED) is 0.808. The Hall–Kier alpha value is -1.16. The van der Waals surface area contributed by atoms with Crippen molar-refractivity contribution in [2.24, 2.45) is 0 Å². The highest BCUT2D eigenvalue weighted by Crippen LogP contribution is 2.07. The second-order valence-electron chi connectivity index (χ2n) is 3.94. The maximum atomic E-state index is 3.98. The third-order valence-corrected chi connectivity index (χ3v) is 2.76. The number of anilines is 1. The summed E-state index contributed by atoms with van der Waals surface area (Å²) in [6, 6.07) is 3.85. The van der Waals surface area contributed by atoms with Crippen molar-refractivity contribution in [2.45, 2.75) is 19.3 Å². The van der Waals surface area contributed by atoms with Gasteiger partial charge in [-0.2, -0.15) is 5.10 Å². The van der Waals surface area contributed by atoms with Gasteiger partial charge < -0.3 is 10.2 Å². The van der Waals surface area contributed by atoms with Crippen molar-refractivity contribution >= 4 is 5.82 Å². The highest BCUT2D eigenvalue weighted by atomic mass is 15.2. The van der Waals surface area contributed by atoms with E-state index in [2.05, 4.69) is 20.4 Å². The monoisotopic (exact) mass is 206 g/mol. The van der Waals surface area contributed by atoms with Crippen LogP contribution in [0.2, 0.25) is 0 Å². The molecule has 1 aliphatic heterocycles. The second-order valence-corrected chi connectivity index (χ2v) is 3.94. The Labute approximate surface area is 90.7 Å². The summed E-state index contributed by atoms with van der Waals surface area (Å²) in [5, 5.41) is 11.1. The van der Waals surface area contributed by atoms with Gasteiger partial charge in [-0.25, -0.2) is 0 Å². The topological polar surface area (TPSA) is 41.1 Å². The first-order chi connectivity index (χ1) is 7.45. The molecular weight excluding hydrogens is 188 g/mol. The van der Waals surface area contributed by atoms with Gasteiger partial charge >= 0.3 is 0 Å². The zero-order valence-electron chi connectivity index (χ0n) is 9.02. The maximum absolute atomic E-state index is 3.98. The smallest absolute Gasteiger partial charge is 0.148 e. The van der Waals surface area contributed by atoms with E-state index in [1.807, 2.05) is 12.1 Å². The summed E-state index contributed by atoms with van der Waals surface area (Å²) in [7, 11) is 0. The van der Waals surface area contributed by atoms with Crippen LogP contribution in [0.4, 0.5) is 5.82 Å². The van der Waals surface area contributed by atoms with Crippen LogP contribution in [0.3, 0.4) is 0 Å². The van der Waals surface area contributed by atoms with Crippen LogP contribution in [0, 0.1) is 0 Å². The zero-order valence-corrected chi connectivity index (χ0v) is 9.02. The van der Waals surface area contributed by atoms with Crippen LogP contribution in [-0.4, -0.2) is 41.3 Å². The lowest BCUT2D eigenvalue weighted by molar-refractivity contribution is 0.237. The molecule has 0 spiro atoms. The van der Waals surface area contributed by atoms with Crippen LogP contribution in [0.25, 0.3) is 0 Å². The third-order valence-electron chi connectivity index (χ3n) is 2.76. The summed E-state index contributed by atoms with van der Waals surface area (Å²) < 4.78 is 0. The predicted octanol–water partition coefficient (Wildman–Crippen LogP) is 1.37. The van der Waals surface area contributed by atoms with E-state index >= 15 is 0 Å². The van der Waals surface area contributed by atoms with Gasteiger partial charge in [0, 0.05) is 19.3 Å². The van der Waals surface area contributed by atoms with Crippen LogP contribution in [0.1, 0.15) is 19.3 Å². The minimum absolute atomic E-state index is 0.870. The van der Waals surface area contributed by atoms with E-state index in [0.717, 1.165) is 18.9 Å². The molecule has 1 N–H and O–H groups in total. The number of aromatic nitrogens is 2. The Morgan fingerprint density at radius 3 is 2.87 bits per heavy atom. The molecule has 0 radical (unpaired) electrons. The molecule has 1 saturated heterocycles. The molecule has 82 valence electrons. The SMILES string of the molecule is c1cnnc(NCCN2CCCCC2)c1. The first-order valence-electron chi connectivity index (χ1n) is 5.69. The molecule has 1 aromatic heterocycles. The Morgan fingerprint density at radius 2 is 2.13 bits per heavy atom. The first kappa shape index (κ1) is 10.4. The molecule has 2 rings (SSSR count). The first-order valence-corrected chi connectivity index (χ1v) is 5.69. The summed E-state index contributed by atoms with van der Waals surface area (Å²) in [5.41, 5.74) is 0. The van der Waals surface area contributed by atoms with Gasteiger partial charge in [-0.15, -0.1) is 5.10 Å². The molecule has 4 heteroatoms. The lowest BCUT2D eigenvalue weighted by Crippen LogP contribution is -2.33. The van der Waals surface area contributed by atoms with Gasteiger partial charge in [0.25, 0.3) is 0 Å². The van der Waals surface area contributed by atoms with E-state index in [-0.39, 0.29) is 0 Å². The number of likely N-dealkylation sites (tertiary alicyclic amines) is 1. The second kappa shape index (κ2) is 5.66. The van der Waals surface area contributed by atoms with E-state index in [0.29, 0.717) is 0 Å². The van der Waals surface area contributed by atoms with Crippen molar-refractivity contribution in [3.63, 3.8) is 0 Å². The van der Waals surface area contributed by atoms with Gasteiger partial charge in [0.2, 0.25) is 0 Å². The van der Waals surface area contributed by atoms with E-state index < -0.39 is 0 Å². The molecule has 0 saturated carbocycles. The fraction of sp³-hybridized carbons (Fsp3) is 0.636. The standard InChI is InChI=1S/C11H18N4/c1-2-8-15(9-3-1)10-7-12-11-5-4-6-13-14-11/h4-6H,1-3,7-10H2,(H,12,14). The van der Waals surface area contributed by atoms with Crippen molar-refractivity contribution in [2.75, 3.05) is 31.5 Å². The number of rotatable bonds is 4.